The van der Waals surface area contributed by atoms with E-state index in [0.717, 1.165) is 24.1 Å². The molecule has 0 radical (unpaired) electrons. The number of halogens is 2. The normalized spacial score (nSPS) is 15.2. The molecule has 0 saturated carbocycles. The zero-order chi connectivity index (χ0) is 16.2. The van der Waals surface area contributed by atoms with Crippen molar-refractivity contribution < 1.29 is 18.7 Å². The molecule has 0 saturated heterocycles. The molecule has 0 aromatic heterocycles. The number of rotatable bonds is 5. The highest BCUT2D eigenvalue weighted by Crippen LogP contribution is 2.20. The van der Waals surface area contributed by atoms with E-state index in [2.05, 4.69) is 5.32 Å². The van der Waals surface area contributed by atoms with Crippen molar-refractivity contribution in [3.05, 3.63) is 46.5 Å². The molecule has 1 amide bonds. The molecule has 1 aromatic rings. The second-order valence-electron chi connectivity index (χ2n) is 5.14. The first kappa shape index (κ1) is 17.3. The van der Waals surface area contributed by atoms with Crippen LogP contribution in [0.5, 0.6) is 0 Å². The van der Waals surface area contributed by atoms with Crippen molar-refractivity contribution in [3.8, 4) is 0 Å². The lowest BCUT2D eigenvalue weighted by atomic mass is 10.0. The number of benzene rings is 1. The quantitative estimate of drug-likeness (QED) is 0.820. The van der Waals surface area contributed by atoms with E-state index in [9.17, 15) is 18.7 Å². The van der Waals surface area contributed by atoms with Crippen LogP contribution in [0.1, 0.15) is 45.8 Å². The monoisotopic (exact) mass is 297 g/mol. The number of nitrogens with one attached hydrogen (secondary N) is 1. The predicted octanol–water partition coefficient (Wildman–Crippen LogP) is 3.25. The fraction of sp³-hybridized carbons (Fsp3) is 0.438. The Balaban J connectivity index is 2.81. The summed E-state index contributed by atoms with van der Waals surface area (Å²) in [6.07, 6.45) is -0.349. The number of aliphatic hydroxyl groups excluding tert-OH is 1. The van der Waals surface area contributed by atoms with Gasteiger partial charge in [0.25, 0.3) is 0 Å². The molecule has 0 fully saturated rings. The molecule has 0 aliphatic rings. The summed E-state index contributed by atoms with van der Waals surface area (Å²) >= 11 is 0. The third kappa shape index (κ3) is 4.36. The highest BCUT2D eigenvalue weighted by atomic mass is 19.2. The number of hydrogen-bond acceptors (Lipinski definition) is 2. The van der Waals surface area contributed by atoms with Gasteiger partial charge in [0.2, 0.25) is 5.91 Å². The molecule has 0 heterocycles. The van der Waals surface area contributed by atoms with Crippen molar-refractivity contribution in [1.29, 1.82) is 0 Å². The first-order valence-corrected chi connectivity index (χ1v) is 6.88. The van der Waals surface area contributed by atoms with Crippen LogP contribution in [0.2, 0.25) is 0 Å². The molecule has 1 rings (SSSR count). The maximum atomic E-state index is 13.2. The maximum absolute atomic E-state index is 13.2. The molecular weight excluding hydrogens is 276 g/mol. The Bertz CT molecular complexity index is 555. The van der Waals surface area contributed by atoms with Gasteiger partial charge in [0.05, 0.1) is 12.1 Å². The molecule has 2 unspecified atom stereocenters. The fourth-order valence-electron chi connectivity index (χ4n) is 1.84. The van der Waals surface area contributed by atoms with E-state index < -0.39 is 23.8 Å². The van der Waals surface area contributed by atoms with Crippen LogP contribution in [-0.2, 0) is 4.79 Å². The Labute approximate surface area is 123 Å². The van der Waals surface area contributed by atoms with Crippen LogP contribution in [0, 0.1) is 11.6 Å². The summed E-state index contributed by atoms with van der Waals surface area (Å²) in [5.41, 5.74) is 1.78. The Morgan fingerprint density at radius 2 is 1.90 bits per heavy atom. The Morgan fingerprint density at radius 3 is 2.43 bits per heavy atom. The van der Waals surface area contributed by atoms with Crippen LogP contribution >= 0.6 is 0 Å². The summed E-state index contributed by atoms with van der Waals surface area (Å²) in [6.45, 7) is 7.14. The topological polar surface area (TPSA) is 49.3 Å². The van der Waals surface area contributed by atoms with Crippen molar-refractivity contribution >= 4 is 5.91 Å². The van der Waals surface area contributed by atoms with Gasteiger partial charge in [0, 0.05) is 5.57 Å². The number of allylic oxidation sites excluding steroid dienone is 1. The van der Waals surface area contributed by atoms with E-state index in [-0.39, 0.29) is 11.5 Å². The lowest BCUT2D eigenvalue weighted by Gasteiger charge is -2.21. The van der Waals surface area contributed by atoms with Gasteiger partial charge in [-0.2, -0.15) is 0 Å². The van der Waals surface area contributed by atoms with Gasteiger partial charge < -0.3 is 10.4 Å². The number of carbonyl (C=O) groups excluding carboxylic acids is 1. The average molecular weight is 297 g/mol. The van der Waals surface area contributed by atoms with Gasteiger partial charge in [-0.05, 0) is 44.9 Å². The van der Waals surface area contributed by atoms with Crippen molar-refractivity contribution in [1.82, 2.24) is 5.32 Å². The van der Waals surface area contributed by atoms with E-state index in [1.165, 1.54) is 6.07 Å². The summed E-state index contributed by atoms with van der Waals surface area (Å²) in [5, 5.41) is 12.8. The first-order valence-electron chi connectivity index (χ1n) is 6.88. The second-order valence-corrected chi connectivity index (χ2v) is 5.14. The van der Waals surface area contributed by atoms with Gasteiger partial charge in [-0.1, -0.05) is 18.6 Å². The molecule has 3 nitrogen and oxygen atoms in total. The zero-order valence-corrected chi connectivity index (χ0v) is 12.7. The van der Waals surface area contributed by atoms with Gasteiger partial charge in [0.15, 0.2) is 11.6 Å². The molecule has 0 aliphatic carbocycles. The van der Waals surface area contributed by atoms with Crippen LogP contribution in [0.3, 0.4) is 0 Å². The summed E-state index contributed by atoms with van der Waals surface area (Å²) in [7, 11) is 0. The maximum Gasteiger partial charge on any atom is 0.247 e. The van der Waals surface area contributed by atoms with Crippen LogP contribution in [0.4, 0.5) is 8.78 Å². The van der Waals surface area contributed by atoms with Crippen molar-refractivity contribution in [2.45, 2.75) is 46.3 Å². The molecule has 2 N–H and O–H groups in total. The van der Waals surface area contributed by atoms with Crippen LogP contribution < -0.4 is 5.32 Å². The van der Waals surface area contributed by atoms with Gasteiger partial charge in [-0.3, -0.25) is 4.79 Å². The highest BCUT2D eigenvalue weighted by molar-refractivity contribution is 5.93. The van der Waals surface area contributed by atoms with Gasteiger partial charge in [-0.25, -0.2) is 8.78 Å². The molecular formula is C16H21F2NO2. The fourth-order valence-corrected chi connectivity index (χ4v) is 1.84. The molecule has 2 atom stereocenters. The molecule has 0 bridgehead atoms. The molecule has 0 aliphatic heterocycles. The van der Waals surface area contributed by atoms with Crippen molar-refractivity contribution in [3.63, 3.8) is 0 Å². The molecule has 0 spiro atoms. The molecule has 1 aromatic carbocycles. The standard InChI is InChI=1S/C16H21F2NO2/c1-5-9(2)10(3)16(21)19-11(4)15(20)12-6-7-13(17)14(18)8-12/h6-8,11,15,20H,5H2,1-4H3,(H,19,21)/b10-9-. The van der Waals surface area contributed by atoms with Crippen LogP contribution in [0.25, 0.3) is 0 Å². The number of amides is 1. The zero-order valence-electron chi connectivity index (χ0n) is 12.7. The Morgan fingerprint density at radius 1 is 1.29 bits per heavy atom. The number of carbonyl (C=O) groups is 1. The predicted molar refractivity (Wildman–Crippen MR) is 77.6 cm³/mol. The minimum absolute atomic E-state index is 0.218. The lowest BCUT2D eigenvalue weighted by molar-refractivity contribution is -0.118. The molecule has 116 valence electrons. The average Bonchev–Trinajstić information content (AvgIpc) is 2.47. The Hall–Kier alpha value is -1.75. The third-order valence-electron chi connectivity index (χ3n) is 3.63. The lowest BCUT2D eigenvalue weighted by Crippen LogP contribution is -2.37. The van der Waals surface area contributed by atoms with Gasteiger partial charge in [-0.15, -0.1) is 0 Å². The smallest absolute Gasteiger partial charge is 0.247 e. The second kappa shape index (κ2) is 7.31. The first-order chi connectivity index (χ1) is 9.77. The summed E-state index contributed by atoms with van der Waals surface area (Å²) in [5.74, 6) is -2.27. The highest BCUT2D eigenvalue weighted by Gasteiger charge is 2.20. The SMILES string of the molecule is CC/C(C)=C(/C)C(=O)NC(C)C(O)c1ccc(F)c(F)c1. The number of aliphatic hydroxyl groups is 1. The van der Waals surface area contributed by atoms with E-state index >= 15 is 0 Å². The summed E-state index contributed by atoms with van der Waals surface area (Å²) in [4.78, 5) is 12.0. The van der Waals surface area contributed by atoms with Crippen molar-refractivity contribution in [2.75, 3.05) is 0 Å². The van der Waals surface area contributed by atoms with Gasteiger partial charge in [0.1, 0.15) is 0 Å². The van der Waals surface area contributed by atoms with E-state index in [1.807, 2.05) is 13.8 Å². The largest absolute Gasteiger partial charge is 0.386 e. The van der Waals surface area contributed by atoms with E-state index in [4.69, 9.17) is 0 Å². The molecule has 5 heteroatoms. The van der Waals surface area contributed by atoms with Crippen LogP contribution in [-0.4, -0.2) is 17.1 Å². The summed E-state index contributed by atoms with van der Waals surface area (Å²) < 4.78 is 26.0. The minimum atomic E-state index is -1.11. The number of hydrogen-bond donors (Lipinski definition) is 2. The van der Waals surface area contributed by atoms with Crippen LogP contribution in [0.15, 0.2) is 29.3 Å². The van der Waals surface area contributed by atoms with E-state index in [0.29, 0.717) is 5.57 Å². The minimum Gasteiger partial charge on any atom is -0.386 e. The van der Waals surface area contributed by atoms with Crippen molar-refractivity contribution in [2.24, 2.45) is 0 Å². The van der Waals surface area contributed by atoms with Gasteiger partial charge >= 0.3 is 0 Å². The third-order valence-corrected chi connectivity index (χ3v) is 3.63. The van der Waals surface area contributed by atoms with E-state index in [1.54, 1.807) is 13.8 Å². The molecule has 21 heavy (non-hydrogen) atoms. The summed E-state index contributed by atoms with van der Waals surface area (Å²) in [6, 6.07) is 2.56. The Kier molecular flexibility index (Phi) is 6.03.